The number of aromatic nitrogens is 1. The third-order valence-corrected chi connectivity index (χ3v) is 5.18. The second kappa shape index (κ2) is 7.59. The Balaban J connectivity index is 1.50. The molecule has 2 fully saturated rings. The molecule has 2 aliphatic heterocycles. The first-order chi connectivity index (χ1) is 12.4. The molecule has 1 aromatic rings. The summed E-state index contributed by atoms with van der Waals surface area (Å²) in [7, 11) is 3.00. The van der Waals surface area contributed by atoms with Gasteiger partial charge in [-0.25, -0.2) is 9.78 Å². The van der Waals surface area contributed by atoms with Crippen LogP contribution in [0, 0.1) is 0 Å². The van der Waals surface area contributed by atoms with Crippen LogP contribution in [0.5, 0.6) is 0 Å². The van der Waals surface area contributed by atoms with Crippen molar-refractivity contribution in [1.29, 1.82) is 0 Å². The van der Waals surface area contributed by atoms with Gasteiger partial charge in [-0.3, -0.25) is 19.4 Å². The van der Waals surface area contributed by atoms with Crippen molar-refractivity contribution >= 4 is 29.4 Å². The summed E-state index contributed by atoms with van der Waals surface area (Å²) in [6, 6.07) is 2.65. The number of hydrogen-bond donors (Lipinski definition) is 0. The first-order valence-corrected chi connectivity index (χ1v) is 8.89. The van der Waals surface area contributed by atoms with Crippen molar-refractivity contribution in [2.75, 3.05) is 40.3 Å². The molecule has 0 spiro atoms. The fourth-order valence-electron chi connectivity index (χ4n) is 3.29. The van der Waals surface area contributed by atoms with Gasteiger partial charge in [0.25, 0.3) is 5.91 Å². The Hall–Kier alpha value is -2.19. The van der Waals surface area contributed by atoms with E-state index in [1.165, 1.54) is 11.9 Å². The number of carbonyl (C=O) groups excluding carboxylic acids is 3. The van der Waals surface area contributed by atoms with Gasteiger partial charge in [-0.2, -0.15) is 0 Å². The van der Waals surface area contributed by atoms with Crippen molar-refractivity contribution in [2.45, 2.75) is 19.0 Å². The van der Waals surface area contributed by atoms with E-state index < -0.39 is 6.04 Å². The lowest BCUT2D eigenvalue weighted by molar-refractivity contribution is -0.137. The van der Waals surface area contributed by atoms with Crippen molar-refractivity contribution in [3.8, 4) is 0 Å². The van der Waals surface area contributed by atoms with Gasteiger partial charge in [-0.05, 0) is 11.6 Å². The van der Waals surface area contributed by atoms with Crippen LogP contribution in [0.1, 0.15) is 12.0 Å². The molecule has 8 nitrogen and oxygen atoms in total. The van der Waals surface area contributed by atoms with Crippen molar-refractivity contribution in [1.82, 2.24) is 24.6 Å². The zero-order chi connectivity index (χ0) is 18.8. The monoisotopic (exact) mass is 379 g/mol. The predicted octanol–water partition coefficient (Wildman–Crippen LogP) is 0.662. The number of carbonyl (C=O) groups is 3. The third kappa shape index (κ3) is 3.81. The molecule has 26 heavy (non-hydrogen) atoms. The molecule has 4 amide bonds. The first-order valence-electron chi connectivity index (χ1n) is 8.51. The largest absolute Gasteiger partial charge is 0.340 e. The van der Waals surface area contributed by atoms with Crippen LogP contribution < -0.4 is 0 Å². The summed E-state index contributed by atoms with van der Waals surface area (Å²) in [5.41, 5.74) is 1.08. The highest BCUT2D eigenvalue weighted by Gasteiger charge is 2.42. The lowest BCUT2D eigenvalue weighted by Crippen LogP contribution is -2.49. The number of pyridine rings is 1. The van der Waals surface area contributed by atoms with Gasteiger partial charge in [0.1, 0.15) is 11.2 Å². The zero-order valence-corrected chi connectivity index (χ0v) is 15.6. The van der Waals surface area contributed by atoms with Crippen LogP contribution in [0.15, 0.2) is 18.3 Å². The second-order valence-corrected chi connectivity index (χ2v) is 7.04. The van der Waals surface area contributed by atoms with Crippen LogP contribution in [0.3, 0.4) is 0 Å². The summed E-state index contributed by atoms with van der Waals surface area (Å²) in [5, 5.41) is 0.472. The fourth-order valence-corrected chi connectivity index (χ4v) is 3.40. The number of nitrogens with zero attached hydrogens (tertiary/aromatic N) is 5. The molecule has 0 saturated carbocycles. The minimum absolute atomic E-state index is 0.0342. The average molecular weight is 380 g/mol. The molecule has 1 aromatic heterocycles. The van der Waals surface area contributed by atoms with Gasteiger partial charge in [0.2, 0.25) is 5.91 Å². The van der Waals surface area contributed by atoms with E-state index in [0.29, 0.717) is 18.2 Å². The van der Waals surface area contributed by atoms with Crippen LogP contribution in [0.25, 0.3) is 0 Å². The molecule has 3 rings (SSSR count). The van der Waals surface area contributed by atoms with Gasteiger partial charge in [0.15, 0.2) is 0 Å². The number of urea groups is 1. The number of hydrogen-bond acceptors (Lipinski definition) is 5. The summed E-state index contributed by atoms with van der Waals surface area (Å²) < 4.78 is 0. The van der Waals surface area contributed by atoms with E-state index >= 15 is 0 Å². The van der Waals surface area contributed by atoms with Gasteiger partial charge in [0.05, 0.1) is 6.42 Å². The Bertz CT molecular complexity index is 703. The summed E-state index contributed by atoms with van der Waals surface area (Å²) in [6.45, 7) is 3.47. The van der Waals surface area contributed by atoms with Crippen LogP contribution in [-0.4, -0.2) is 88.7 Å². The van der Waals surface area contributed by atoms with Gasteiger partial charge in [-0.1, -0.05) is 17.7 Å². The van der Waals surface area contributed by atoms with Crippen LogP contribution >= 0.6 is 11.6 Å². The number of likely N-dealkylation sites (N-methyl/N-ethyl adjacent to an activating group) is 2. The van der Waals surface area contributed by atoms with Gasteiger partial charge in [0, 0.05) is 53.0 Å². The second-order valence-electron chi connectivity index (χ2n) is 6.66. The van der Waals surface area contributed by atoms with Crippen LogP contribution in [0.2, 0.25) is 5.15 Å². The number of imide groups is 1. The van der Waals surface area contributed by atoms with Gasteiger partial charge >= 0.3 is 6.03 Å². The topological polar surface area (TPSA) is 77.1 Å². The van der Waals surface area contributed by atoms with Gasteiger partial charge in [-0.15, -0.1) is 0 Å². The number of halogens is 1. The molecular formula is C17H22ClN5O3. The van der Waals surface area contributed by atoms with E-state index in [0.717, 1.165) is 30.1 Å². The summed E-state index contributed by atoms with van der Waals surface area (Å²) >= 11 is 5.80. The van der Waals surface area contributed by atoms with Gasteiger partial charge < -0.3 is 9.80 Å². The molecule has 0 N–H and O–H groups in total. The average Bonchev–Trinajstić information content (AvgIpc) is 2.82. The Morgan fingerprint density at radius 2 is 1.88 bits per heavy atom. The molecule has 3 heterocycles. The molecule has 9 heteroatoms. The Morgan fingerprint density at radius 3 is 2.42 bits per heavy atom. The molecule has 2 saturated heterocycles. The van der Waals surface area contributed by atoms with E-state index in [4.69, 9.17) is 11.6 Å². The molecule has 0 bridgehead atoms. The van der Waals surface area contributed by atoms with E-state index in [1.54, 1.807) is 24.2 Å². The van der Waals surface area contributed by atoms with Crippen molar-refractivity contribution in [3.05, 3.63) is 29.0 Å². The number of piperazine rings is 1. The summed E-state index contributed by atoms with van der Waals surface area (Å²) in [4.78, 5) is 46.9. The van der Waals surface area contributed by atoms with Crippen LogP contribution in [-0.2, 0) is 16.1 Å². The maximum absolute atomic E-state index is 12.5. The molecule has 0 unspecified atom stereocenters. The molecule has 0 radical (unpaired) electrons. The smallest absolute Gasteiger partial charge is 0.326 e. The first kappa shape index (κ1) is 18.6. The molecule has 0 aliphatic carbocycles. The number of rotatable bonds is 4. The van der Waals surface area contributed by atoms with Crippen LogP contribution in [0.4, 0.5) is 4.79 Å². The summed E-state index contributed by atoms with van der Waals surface area (Å²) in [6.07, 6.45) is 1.79. The quantitative estimate of drug-likeness (QED) is 0.567. The Kier molecular flexibility index (Phi) is 5.43. The van der Waals surface area contributed by atoms with E-state index in [9.17, 15) is 14.4 Å². The molecule has 0 aromatic carbocycles. The molecular weight excluding hydrogens is 358 g/mol. The highest BCUT2D eigenvalue weighted by atomic mass is 35.5. The van der Waals surface area contributed by atoms with Crippen molar-refractivity contribution in [3.63, 3.8) is 0 Å². The molecule has 1 atom stereocenters. The zero-order valence-electron chi connectivity index (χ0n) is 14.9. The Morgan fingerprint density at radius 1 is 1.19 bits per heavy atom. The normalized spacial score (nSPS) is 21.7. The third-order valence-electron chi connectivity index (χ3n) is 4.96. The lowest BCUT2D eigenvalue weighted by Gasteiger charge is -2.35. The predicted molar refractivity (Wildman–Crippen MR) is 95.4 cm³/mol. The van der Waals surface area contributed by atoms with Crippen molar-refractivity contribution in [2.24, 2.45) is 0 Å². The maximum Gasteiger partial charge on any atom is 0.326 e. The van der Waals surface area contributed by atoms with E-state index in [1.807, 2.05) is 6.07 Å². The Labute approximate surface area is 157 Å². The van der Waals surface area contributed by atoms with E-state index in [-0.39, 0.29) is 24.3 Å². The molecule has 2 aliphatic rings. The maximum atomic E-state index is 12.5. The number of amides is 4. The fraction of sp³-hybridized carbons (Fsp3) is 0.529. The lowest BCUT2D eigenvalue weighted by atomic mass is 10.1. The highest BCUT2D eigenvalue weighted by Crippen LogP contribution is 2.18. The summed E-state index contributed by atoms with van der Waals surface area (Å²) in [5.74, 6) is -0.411. The molecule has 140 valence electrons. The highest BCUT2D eigenvalue weighted by molar-refractivity contribution is 6.29. The SMILES string of the molecule is CN1C(=O)[C@H](CC(=O)N2CCN(Cc3ccc(Cl)nc3)CC2)N(C)C1=O. The minimum Gasteiger partial charge on any atom is -0.340 e. The van der Waals surface area contributed by atoms with E-state index in [2.05, 4.69) is 9.88 Å². The standard InChI is InChI=1S/C17H22ClN5O3/c1-20-13(16(25)21(2)17(20)26)9-15(24)23-7-5-22(6-8-23)11-12-3-4-14(18)19-10-12/h3-4,10,13H,5-9,11H2,1-2H3/t13-/m0/s1. The van der Waals surface area contributed by atoms with Crippen molar-refractivity contribution < 1.29 is 14.4 Å². The minimum atomic E-state index is -0.696.